The lowest BCUT2D eigenvalue weighted by Crippen LogP contribution is -2.53. The first-order chi connectivity index (χ1) is 8.78. The number of hydrogen-bond donors (Lipinski definition) is 2. The molecule has 0 radical (unpaired) electrons. The molecular weight excluding hydrogens is 244 g/mol. The first-order valence-corrected chi connectivity index (χ1v) is 6.57. The Labute approximate surface area is 112 Å². The van der Waals surface area contributed by atoms with Gasteiger partial charge in [0, 0.05) is 5.41 Å². The van der Waals surface area contributed by atoms with Gasteiger partial charge in [-0.15, -0.1) is 0 Å². The topological polar surface area (TPSA) is 74.6 Å². The van der Waals surface area contributed by atoms with Gasteiger partial charge in [0.25, 0.3) is 0 Å². The van der Waals surface area contributed by atoms with Gasteiger partial charge in [0.05, 0.1) is 6.42 Å². The van der Waals surface area contributed by atoms with E-state index in [4.69, 9.17) is 5.11 Å². The maximum atomic E-state index is 11.9. The summed E-state index contributed by atoms with van der Waals surface area (Å²) in [7, 11) is 0. The van der Waals surface area contributed by atoms with Crippen LogP contribution in [-0.2, 0) is 9.59 Å². The Morgan fingerprint density at radius 2 is 2.05 bits per heavy atom. The van der Waals surface area contributed by atoms with Crippen molar-refractivity contribution in [3.63, 3.8) is 0 Å². The second kappa shape index (κ2) is 4.60. The van der Waals surface area contributed by atoms with Gasteiger partial charge in [0.2, 0.25) is 0 Å². The maximum Gasteiger partial charge on any atom is 0.303 e. The SMILES string of the molecule is CC1=CC(=O)C(O)C2(C)C1CC=C(C)C2CC(=O)O. The summed E-state index contributed by atoms with van der Waals surface area (Å²) in [4.78, 5) is 23.0. The number of allylic oxidation sites excluding steroid dienone is 3. The highest BCUT2D eigenvalue weighted by Gasteiger charge is 2.53. The van der Waals surface area contributed by atoms with E-state index in [0.29, 0.717) is 0 Å². The molecule has 0 aromatic carbocycles. The Hall–Kier alpha value is -1.42. The summed E-state index contributed by atoms with van der Waals surface area (Å²) < 4.78 is 0. The highest BCUT2D eigenvalue weighted by molar-refractivity contribution is 5.96. The van der Waals surface area contributed by atoms with E-state index >= 15 is 0 Å². The molecule has 0 aliphatic heterocycles. The van der Waals surface area contributed by atoms with E-state index in [1.807, 2.05) is 26.8 Å². The van der Waals surface area contributed by atoms with Gasteiger partial charge in [-0.3, -0.25) is 9.59 Å². The predicted molar refractivity (Wildman–Crippen MR) is 70.5 cm³/mol. The summed E-state index contributed by atoms with van der Waals surface area (Å²) in [6, 6.07) is 0. The zero-order valence-electron chi connectivity index (χ0n) is 11.5. The molecular formula is C15H20O4. The van der Waals surface area contributed by atoms with Crippen LogP contribution in [-0.4, -0.2) is 28.1 Å². The first-order valence-electron chi connectivity index (χ1n) is 6.57. The van der Waals surface area contributed by atoms with E-state index in [1.165, 1.54) is 6.08 Å². The normalized spacial score (nSPS) is 38.3. The van der Waals surface area contributed by atoms with Crippen LogP contribution in [0.15, 0.2) is 23.3 Å². The molecule has 4 nitrogen and oxygen atoms in total. The van der Waals surface area contributed by atoms with Gasteiger partial charge in [-0.05, 0) is 38.2 Å². The van der Waals surface area contributed by atoms with Gasteiger partial charge in [-0.2, -0.15) is 0 Å². The third kappa shape index (κ3) is 2.04. The predicted octanol–water partition coefficient (Wildman–Crippen LogP) is 1.94. The fourth-order valence-electron chi connectivity index (χ4n) is 3.76. The molecule has 4 unspecified atom stereocenters. The first kappa shape index (κ1) is 14.0. The lowest BCUT2D eigenvalue weighted by atomic mass is 9.53. The molecule has 104 valence electrons. The van der Waals surface area contributed by atoms with Crippen molar-refractivity contribution in [2.75, 3.05) is 0 Å². The number of carboxylic acid groups (broad SMARTS) is 1. The Morgan fingerprint density at radius 1 is 1.42 bits per heavy atom. The van der Waals surface area contributed by atoms with E-state index in [2.05, 4.69) is 0 Å². The average molecular weight is 264 g/mol. The number of carbonyl (C=O) groups is 2. The van der Waals surface area contributed by atoms with Crippen molar-refractivity contribution in [1.29, 1.82) is 0 Å². The van der Waals surface area contributed by atoms with Crippen molar-refractivity contribution in [3.05, 3.63) is 23.3 Å². The molecule has 19 heavy (non-hydrogen) atoms. The van der Waals surface area contributed by atoms with Gasteiger partial charge >= 0.3 is 5.97 Å². The molecule has 0 amide bonds. The Morgan fingerprint density at radius 3 is 2.63 bits per heavy atom. The number of aliphatic hydroxyl groups excluding tert-OH is 1. The number of aliphatic hydroxyl groups is 1. The molecule has 2 aliphatic carbocycles. The molecule has 4 atom stereocenters. The third-order valence-electron chi connectivity index (χ3n) is 4.88. The molecule has 0 bridgehead atoms. The largest absolute Gasteiger partial charge is 0.481 e. The Kier molecular flexibility index (Phi) is 3.39. The summed E-state index contributed by atoms with van der Waals surface area (Å²) in [5.41, 5.74) is 1.19. The number of rotatable bonds is 2. The van der Waals surface area contributed by atoms with Crippen LogP contribution < -0.4 is 0 Å². The van der Waals surface area contributed by atoms with E-state index in [-0.39, 0.29) is 24.0 Å². The molecule has 0 saturated carbocycles. The number of ketones is 1. The lowest BCUT2D eigenvalue weighted by Gasteiger charge is -2.51. The third-order valence-corrected chi connectivity index (χ3v) is 4.88. The van der Waals surface area contributed by atoms with Gasteiger partial charge in [-0.1, -0.05) is 24.1 Å². The summed E-state index contributed by atoms with van der Waals surface area (Å²) >= 11 is 0. The summed E-state index contributed by atoms with van der Waals surface area (Å²) in [6.45, 7) is 5.62. The van der Waals surface area contributed by atoms with Crippen molar-refractivity contribution in [2.45, 2.75) is 39.7 Å². The van der Waals surface area contributed by atoms with E-state index < -0.39 is 17.5 Å². The van der Waals surface area contributed by atoms with E-state index in [0.717, 1.165) is 17.6 Å². The molecule has 0 spiro atoms. The Bertz CT molecular complexity index is 488. The highest BCUT2D eigenvalue weighted by Crippen LogP contribution is 2.53. The molecule has 2 N–H and O–H groups in total. The summed E-state index contributed by atoms with van der Waals surface area (Å²) in [5, 5.41) is 19.4. The van der Waals surface area contributed by atoms with Crippen molar-refractivity contribution in [2.24, 2.45) is 17.3 Å². The molecule has 2 aliphatic rings. The summed E-state index contributed by atoms with van der Waals surface area (Å²) in [6.07, 6.45) is 3.13. The van der Waals surface area contributed by atoms with Gasteiger partial charge < -0.3 is 10.2 Å². The van der Waals surface area contributed by atoms with Crippen molar-refractivity contribution < 1.29 is 19.8 Å². The van der Waals surface area contributed by atoms with Crippen molar-refractivity contribution in [3.8, 4) is 0 Å². The van der Waals surface area contributed by atoms with Crippen LogP contribution in [0.5, 0.6) is 0 Å². The highest BCUT2D eigenvalue weighted by atomic mass is 16.4. The number of fused-ring (bicyclic) bond motifs is 1. The zero-order chi connectivity index (χ0) is 14.4. The van der Waals surface area contributed by atoms with Crippen molar-refractivity contribution in [1.82, 2.24) is 0 Å². The monoisotopic (exact) mass is 264 g/mol. The fourth-order valence-corrected chi connectivity index (χ4v) is 3.76. The second-order valence-corrected chi connectivity index (χ2v) is 5.95. The van der Waals surface area contributed by atoms with Crippen LogP contribution in [0, 0.1) is 17.3 Å². The maximum absolute atomic E-state index is 11.9. The van der Waals surface area contributed by atoms with Crippen LogP contribution in [0.4, 0.5) is 0 Å². The smallest absolute Gasteiger partial charge is 0.303 e. The minimum Gasteiger partial charge on any atom is -0.481 e. The van der Waals surface area contributed by atoms with Gasteiger partial charge in [0.1, 0.15) is 6.10 Å². The van der Waals surface area contributed by atoms with Crippen LogP contribution in [0.1, 0.15) is 33.6 Å². The zero-order valence-corrected chi connectivity index (χ0v) is 11.5. The number of aliphatic carboxylic acids is 1. The molecule has 0 saturated heterocycles. The molecule has 2 rings (SSSR count). The molecule has 0 aromatic rings. The number of carbonyl (C=O) groups excluding carboxylic acids is 1. The summed E-state index contributed by atoms with van der Waals surface area (Å²) in [5.74, 6) is -1.47. The Balaban J connectivity index is 2.52. The second-order valence-electron chi connectivity index (χ2n) is 5.95. The lowest BCUT2D eigenvalue weighted by molar-refractivity contribution is -0.145. The van der Waals surface area contributed by atoms with Gasteiger partial charge in [0.15, 0.2) is 5.78 Å². The van der Waals surface area contributed by atoms with Crippen molar-refractivity contribution >= 4 is 11.8 Å². The quantitative estimate of drug-likeness (QED) is 0.747. The van der Waals surface area contributed by atoms with Crippen LogP contribution in [0.2, 0.25) is 0 Å². The molecule has 4 heteroatoms. The van der Waals surface area contributed by atoms with Gasteiger partial charge in [-0.25, -0.2) is 0 Å². The molecule has 0 fully saturated rings. The fraction of sp³-hybridized carbons (Fsp3) is 0.600. The standard InChI is InChI=1S/C15H20O4/c1-8-4-5-10-9(2)6-12(16)14(19)15(10,3)11(8)7-13(17)18/h4,6,10-11,14,19H,5,7H2,1-3H3,(H,17,18). The van der Waals surface area contributed by atoms with Crippen LogP contribution >= 0.6 is 0 Å². The van der Waals surface area contributed by atoms with Crippen LogP contribution in [0.25, 0.3) is 0 Å². The number of hydrogen-bond acceptors (Lipinski definition) is 3. The molecule has 0 aromatic heterocycles. The number of carboxylic acids is 1. The minimum absolute atomic E-state index is 0.0354. The van der Waals surface area contributed by atoms with E-state index in [9.17, 15) is 14.7 Å². The van der Waals surface area contributed by atoms with Crippen LogP contribution in [0.3, 0.4) is 0 Å². The minimum atomic E-state index is -1.12. The molecule has 0 heterocycles. The average Bonchev–Trinajstić information content (AvgIpc) is 2.31. The van der Waals surface area contributed by atoms with E-state index in [1.54, 1.807) is 0 Å².